The molecule has 0 aromatic heterocycles. The summed E-state index contributed by atoms with van der Waals surface area (Å²) in [7, 11) is 1.48. The normalized spacial score (nSPS) is 13.1. The Morgan fingerprint density at radius 2 is 1.74 bits per heavy atom. The number of anilines is 4. The molecule has 0 saturated carbocycles. The largest absolute Gasteiger partial charge is 0.495 e. The second-order valence-electron chi connectivity index (χ2n) is 7.96. The van der Waals surface area contributed by atoms with Gasteiger partial charge in [0.2, 0.25) is 11.8 Å². The molecule has 5 rings (SSSR count). The van der Waals surface area contributed by atoms with Crippen molar-refractivity contribution in [1.82, 2.24) is 0 Å². The van der Waals surface area contributed by atoms with Gasteiger partial charge in [-0.25, -0.2) is 0 Å². The van der Waals surface area contributed by atoms with Crippen LogP contribution in [0.5, 0.6) is 5.75 Å². The lowest BCUT2D eigenvalue weighted by molar-refractivity contribution is -0.124. The predicted octanol–water partition coefficient (Wildman–Crippen LogP) is 5.76. The SMILES string of the molecule is COc1cccc(C(=O)Nc2ccc(N3C(=O)CC(=O)Nc4c3ccc3ccccc43)cc2)c1Cl. The van der Waals surface area contributed by atoms with Gasteiger partial charge in [0.1, 0.15) is 12.2 Å². The Kier molecular flexibility index (Phi) is 5.84. The monoisotopic (exact) mass is 485 g/mol. The molecule has 0 spiro atoms. The lowest BCUT2D eigenvalue weighted by atomic mass is 10.1. The minimum Gasteiger partial charge on any atom is -0.495 e. The van der Waals surface area contributed by atoms with E-state index in [1.807, 2.05) is 36.4 Å². The maximum atomic E-state index is 13.0. The molecule has 7 nitrogen and oxygen atoms in total. The highest BCUT2D eigenvalue weighted by atomic mass is 35.5. The molecule has 4 aromatic carbocycles. The number of rotatable bonds is 4. The molecule has 1 heterocycles. The quantitative estimate of drug-likeness (QED) is 0.360. The van der Waals surface area contributed by atoms with E-state index in [-0.39, 0.29) is 34.7 Å². The van der Waals surface area contributed by atoms with E-state index in [4.69, 9.17) is 16.3 Å². The molecule has 35 heavy (non-hydrogen) atoms. The van der Waals surface area contributed by atoms with Gasteiger partial charge in [0.25, 0.3) is 5.91 Å². The number of hydrogen-bond donors (Lipinski definition) is 2. The lowest BCUT2D eigenvalue weighted by Gasteiger charge is -2.23. The van der Waals surface area contributed by atoms with Crippen molar-refractivity contribution in [2.24, 2.45) is 0 Å². The maximum Gasteiger partial charge on any atom is 0.257 e. The van der Waals surface area contributed by atoms with Crippen LogP contribution in [0, 0.1) is 0 Å². The minimum atomic E-state index is -0.390. The summed E-state index contributed by atoms with van der Waals surface area (Å²) in [6.07, 6.45) is -0.282. The number of benzene rings is 4. The third kappa shape index (κ3) is 4.18. The zero-order valence-electron chi connectivity index (χ0n) is 18.7. The molecular weight excluding hydrogens is 466 g/mol. The lowest BCUT2D eigenvalue weighted by Crippen LogP contribution is -2.26. The van der Waals surface area contributed by atoms with Gasteiger partial charge in [-0.15, -0.1) is 0 Å². The van der Waals surface area contributed by atoms with Crippen molar-refractivity contribution in [2.45, 2.75) is 6.42 Å². The summed E-state index contributed by atoms with van der Waals surface area (Å²) in [5, 5.41) is 7.71. The van der Waals surface area contributed by atoms with Crippen molar-refractivity contribution >= 4 is 62.8 Å². The highest BCUT2D eigenvalue weighted by Crippen LogP contribution is 2.40. The molecule has 0 bridgehead atoms. The van der Waals surface area contributed by atoms with Gasteiger partial charge in [0, 0.05) is 16.8 Å². The van der Waals surface area contributed by atoms with E-state index in [9.17, 15) is 14.4 Å². The molecular formula is C27H20ClN3O4. The summed E-state index contributed by atoms with van der Waals surface area (Å²) in [6, 6.07) is 23.2. The molecule has 174 valence electrons. The average Bonchev–Trinajstić information content (AvgIpc) is 2.99. The van der Waals surface area contributed by atoms with E-state index in [2.05, 4.69) is 10.6 Å². The zero-order chi connectivity index (χ0) is 24.5. The van der Waals surface area contributed by atoms with Gasteiger partial charge in [0.05, 0.1) is 29.1 Å². The second kappa shape index (κ2) is 9.12. The topological polar surface area (TPSA) is 87.7 Å². The first-order valence-electron chi connectivity index (χ1n) is 10.8. The van der Waals surface area contributed by atoms with Crippen LogP contribution in [0.2, 0.25) is 5.02 Å². The Morgan fingerprint density at radius 3 is 2.51 bits per heavy atom. The predicted molar refractivity (Wildman–Crippen MR) is 137 cm³/mol. The first-order valence-corrected chi connectivity index (χ1v) is 11.2. The second-order valence-corrected chi connectivity index (χ2v) is 8.34. The van der Waals surface area contributed by atoms with Crippen LogP contribution in [-0.4, -0.2) is 24.8 Å². The van der Waals surface area contributed by atoms with E-state index in [0.717, 1.165) is 10.8 Å². The summed E-state index contributed by atoms with van der Waals surface area (Å²) >= 11 is 6.27. The van der Waals surface area contributed by atoms with Crippen molar-refractivity contribution in [3.63, 3.8) is 0 Å². The van der Waals surface area contributed by atoms with E-state index in [0.29, 0.717) is 28.5 Å². The van der Waals surface area contributed by atoms with Crippen LogP contribution in [0.3, 0.4) is 0 Å². The van der Waals surface area contributed by atoms with Crippen LogP contribution in [0.15, 0.2) is 78.9 Å². The molecule has 1 aliphatic rings. The van der Waals surface area contributed by atoms with Crippen molar-refractivity contribution in [3.05, 3.63) is 89.4 Å². The van der Waals surface area contributed by atoms with Gasteiger partial charge >= 0.3 is 0 Å². The number of amides is 3. The third-order valence-corrected chi connectivity index (χ3v) is 6.17. The fraction of sp³-hybridized carbons (Fsp3) is 0.0741. The summed E-state index contributed by atoms with van der Waals surface area (Å²) < 4.78 is 5.17. The van der Waals surface area contributed by atoms with Gasteiger partial charge in [-0.05, 0) is 47.9 Å². The number of hydrogen-bond acceptors (Lipinski definition) is 4. The molecule has 0 fully saturated rings. The van der Waals surface area contributed by atoms with Crippen LogP contribution in [0.25, 0.3) is 10.8 Å². The Morgan fingerprint density at radius 1 is 0.971 bits per heavy atom. The summed E-state index contributed by atoms with van der Waals surface area (Å²) in [6.45, 7) is 0. The molecule has 3 amide bonds. The molecule has 2 N–H and O–H groups in total. The Labute approximate surface area is 206 Å². The number of fused-ring (bicyclic) bond motifs is 3. The Bertz CT molecular complexity index is 1480. The summed E-state index contributed by atoms with van der Waals surface area (Å²) in [5.74, 6) is -0.701. The number of halogens is 1. The van der Waals surface area contributed by atoms with E-state index < -0.39 is 0 Å². The maximum absolute atomic E-state index is 13.0. The van der Waals surface area contributed by atoms with Gasteiger partial charge in [-0.3, -0.25) is 19.3 Å². The van der Waals surface area contributed by atoms with Crippen molar-refractivity contribution in [3.8, 4) is 5.75 Å². The molecule has 0 saturated heterocycles. The van der Waals surface area contributed by atoms with Crippen molar-refractivity contribution in [1.29, 1.82) is 0 Å². The summed E-state index contributed by atoms with van der Waals surface area (Å²) in [5.41, 5.74) is 2.54. The van der Waals surface area contributed by atoms with Crippen LogP contribution >= 0.6 is 11.6 Å². The smallest absolute Gasteiger partial charge is 0.257 e. The van der Waals surface area contributed by atoms with Gasteiger partial charge in [-0.1, -0.05) is 48.0 Å². The number of ether oxygens (including phenoxy) is 1. The first kappa shape index (κ1) is 22.4. The molecule has 1 aliphatic heterocycles. The van der Waals surface area contributed by atoms with E-state index in [1.165, 1.54) is 12.0 Å². The number of methoxy groups -OCH3 is 1. The number of nitrogens with one attached hydrogen (secondary N) is 2. The Hall–Kier alpha value is -4.36. The fourth-order valence-corrected chi connectivity index (χ4v) is 4.42. The highest BCUT2D eigenvalue weighted by molar-refractivity contribution is 6.35. The van der Waals surface area contributed by atoms with Crippen molar-refractivity contribution in [2.75, 3.05) is 22.6 Å². The van der Waals surface area contributed by atoms with Gasteiger partial charge in [0.15, 0.2) is 0 Å². The first-order chi connectivity index (χ1) is 17.0. The van der Waals surface area contributed by atoms with Gasteiger partial charge < -0.3 is 15.4 Å². The van der Waals surface area contributed by atoms with E-state index >= 15 is 0 Å². The molecule has 8 heteroatoms. The fourth-order valence-electron chi connectivity index (χ4n) is 4.13. The van der Waals surface area contributed by atoms with E-state index in [1.54, 1.807) is 42.5 Å². The number of carbonyl (C=O) groups excluding carboxylic acids is 3. The van der Waals surface area contributed by atoms with Crippen LogP contribution < -0.4 is 20.3 Å². The van der Waals surface area contributed by atoms with Crippen LogP contribution in [0.1, 0.15) is 16.8 Å². The van der Waals surface area contributed by atoms with Crippen molar-refractivity contribution < 1.29 is 19.1 Å². The molecule has 0 atom stereocenters. The van der Waals surface area contributed by atoms with Gasteiger partial charge in [-0.2, -0.15) is 0 Å². The highest BCUT2D eigenvalue weighted by Gasteiger charge is 2.28. The molecule has 0 unspecified atom stereocenters. The standard InChI is InChI=1S/C27H20ClN3O4/c1-35-22-8-4-7-20(25(22)28)27(34)29-17-10-12-18(13-11-17)31-21-14-9-16-5-2-3-6-19(16)26(21)30-23(32)15-24(31)33/h2-14H,15H2,1H3,(H,29,34)(H,30,32). The minimum absolute atomic E-state index is 0.222. The number of carbonyl (C=O) groups is 3. The van der Waals surface area contributed by atoms with Crippen LogP contribution in [0.4, 0.5) is 22.7 Å². The summed E-state index contributed by atoms with van der Waals surface area (Å²) in [4.78, 5) is 39.7. The molecule has 4 aromatic rings. The molecule has 0 aliphatic carbocycles. The number of nitrogens with zero attached hydrogens (tertiary/aromatic N) is 1. The average molecular weight is 486 g/mol. The molecule has 0 radical (unpaired) electrons. The zero-order valence-corrected chi connectivity index (χ0v) is 19.4. The van der Waals surface area contributed by atoms with Crippen LogP contribution in [-0.2, 0) is 9.59 Å². The third-order valence-electron chi connectivity index (χ3n) is 5.78. The Balaban J connectivity index is 1.47.